The van der Waals surface area contributed by atoms with E-state index < -0.39 is 0 Å². The molecule has 0 unspecified atom stereocenters. The Hall–Kier alpha value is -1.09. The van der Waals surface area contributed by atoms with Crippen LogP contribution in [0.15, 0.2) is 18.2 Å². The second-order valence-corrected chi connectivity index (χ2v) is 5.46. The van der Waals surface area contributed by atoms with Gasteiger partial charge in [-0.25, -0.2) is 4.39 Å². The van der Waals surface area contributed by atoms with Crippen molar-refractivity contribution in [3.63, 3.8) is 0 Å². The van der Waals surface area contributed by atoms with Crippen LogP contribution in [0.2, 0.25) is 0 Å². The van der Waals surface area contributed by atoms with Gasteiger partial charge in [-0.2, -0.15) is 0 Å². The molecule has 0 aliphatic heterocycles. The summed E-state index contributed by atoms with van der Waals surface area (Å²) >= 11 is 5.73. The summed E-state index contributed by atoms with van der Waals surface area (Å²) in [5.41, 5.74) is 1.29. The highest BCUT2D eigenvalue weighted by Gasteiger charge is 2.29. The molecule has 0 aromatic heterocycles. The first-order chi connectivity index (χ1) is 9.13. The number of nitrogens with zero attached hydrogens (tertiary/aromatic N) is 1. The summed E-state index contributed by atoms with van der Waals surface area (Å²) in [5, 5.41) is 0. The standard InChI is InChI=1S/C15H19ClFNO/c1-11-10-12(17)6-7-14(11)15(19)18(9-3-8-16)13-4-2-5-13/h6-7,10,13H,2-5,8-9H2,1H3. The van der Waals surface area contributed by atoms with Gasteiger partial charge in [0, 0.05) is 24.0 Å². The first-order valence-electron chi connectivity index (χ1n) is 6.76. The minimum atomic E-state index is -0.301. The average Bonchev–Trinajstić information content (AvgIpc) is 2.31. The van der Waals surface area contributed by atoms with Crippen molar-refractivity contribution in [1.29, 1.82) is 0 Å². The number of amides is 1. The fraction of sp³-hybridized carbons (Fsp3) is 0.533. The molecule has 4 heteroatoms. The predicted octanol–water partition coefficient (Wildman–Crippen LogP) is 3.76. The van der Waals surface area contributed by atoms with Gasteiger partial charge < -0.3 is 4.90 Å². The van der Waals surface area contributed by atoms with Crippen molar-refractivity contribution in [1.82, 2.24) is 4.90 Å². The van der Waals surface area contributed by atoms with E-state index in [9.17, 15) is 9.18 Å². The molecule has 0 atom stereocenters. The zero-order valence-corrected chi connectivity index (χ0v) is 11.9. The van der Waals surface area contributed by atoms with Gasteiger partial charge in [0.05, 0.1) is 0 Å². The van der Waals surface area contributed by atoms with Gasteiger partial charge in [-0.15, -0.1) is 11.6 Å². The molecule has 19 heavy (non-hydrogen) atoms. The number of hydrogen-bond acceptors (Lipinski definition) is 1. The lowest BCUT2D eigenvalue weighted by Crippen LogP contribution is -2.45. The minimum Gasteiger partial charge on any atom is -0.336 e. The van der Waals surface area contributed by atoms with Gasteiger partial charge in [0.15, 0.2) is 0 Å². The van der Waals surface area contributed by atoms with Crippen LogP contribution in [0, 0.1) is 12.7 Å². The number of aryl methyl sites for hydroxylation is 1. The highest BCUT2D eigenvalue weighted by Crippen LogP contribution is 2.27. The summed E-state index contributed by atoms with van der Waals surface area (Å²) in [7, 11) is 0. The molecule has 2 rings (SSSR count). The monoisotopic (exact) mass is 283 g/mol. The second-order valence-electron chi connectivity index (χ2n) is 5.09. The van der Waals surface area contributed by atoms with E-state index in [2.05, 4.69) is 0 Å². The topological polar surface area (TPSA) is 20.3 Å². The molecule has 2 nitrogen and oxygen atoms in total. The average molecular weight is 284 g/mol. The molecule has 0 bridgehead atoms. The normalized spacial score (nSPS) is 15.1. The Morgan fingerprint density at radius 1 is 1.47 bits per heavy atom. The van der Waals surface area contributed by atoms with Crippen LogP contribution in [0.4, 0.5) is 4.39 Å². The number of alkyl halides is 1. The maximum Gasteiger partial charge on any atom is 0.254 e. The molecule has 1 saturated carbocycles. The minimum absolute atomic E-state index is 0.00677. The third kappa shape index (κ3) is 3.27. The third-order valence-corrected chi connectivity index (χ3v) is 4.00. The van der Waals surface area contributed by atoms with Crippen molar-refractivity contribution >= 4 is 17.5 Å². The molecular formula is C15H19ClFNO. The highest BCUT2D eigenvalue weighted by molar-refractivity contribution is 6.17. The Bertz CT molecular complexity index is 459. The molecule has 1 amide bonds. The van der Waals surface area contributed by atoms with Crippen molar-refractivity contribution in [2.45, 2.75) is 38.6 Å². The number of benzene rings is 1. The van der Waals surface area contributed by atoms with Crippen LogP contribution >= 0.6 is 11.6 Å². The largest absolute Gasteiger partial charge is 0.336 e. The van der Waals surface area contributed by atoms with Crippen LogP contribution in [0.5, 0.6) is 0 Å². The van der Waals surface area contributed by atoms with E-state index in [1.807, 2.05) is 4.90 Å². The van der Waals surface area contributed by atoms with Crippen LogP contribution in [0.3, 0.4) is 0 Å². The van der Waals surface area contributed by atoms with Crippen LogP contribution in [-0.4, -0.2) is 29.3 Å². The Morgan fingerprint density at radius 3 is 2.74 bits per heavy atom. The molecule has 0 radical (unpaired) electrons. The van der Waals surface area contributed by atoms with Crippen LogP contribution in [0.25, 0.3) is 0 Å². The smallest absolute Gasteiger partial charge is 0.254 e. The Labute approximate surface area is 118 Å². The highest BCUT2D eigenvalue weighted by atomic mass is 35.5. The van der Waals surface area contributed by atoms with Gasteiger partial charge in [-0.1, -0.05) is 0 Å². The lowest BCUT2D eigenvalue weighted by molar-refractivity contribution is 0.0580. The van der Waals surface area contributed by atoms with Gasteiger partial charge in [0.2, 0.25) is 0 Å². The zero-order valence-electron chi connectivity index (χ0n) is 11.2. The van der Waals surface area contributed by atoms with E-state index in [1.165, 1.54) is 18.6 Å². The van der Waals surface area contributed by atoms with E-state index in [1.54, 1.807) is 13.0 Å². The molecule has 1 fully saturated rings. The maximum absolute atomic E-state index is 13.1. The molecule has 0 N–H and O–H groups in total. The van der Waals surface area contributed by atoms with Crippen molar-refractivity contribution < 1.29 is 9.18 Å². The van der Waals surface area contributed by atoms with Gasteiger partial charge in [-0.05, 0) is 56.4 Å². The van der Waals surface area contributed by atoms with Crippen molar-refractivity contribution in [3.05, 3.63) is 35.1 Å². The van der Waals surface area contributed by atoms with Crippen molar-refractivity contribution in [3.8, 4) is 0 Å². The summed E-state index contributed by atoms with van der Waals surface area (Å²) in [4.78, 5) is 14.5. The summed E-state index contributed by atoms with van der Waals surface area (Å²) in [5.74, 6) is 0.260. The van der Waals surface area contributed by atoms with E-state index in [0.717, 1.165) is 19.3 Å². The summed E-state index contributed by atoms with van der Waals surface area (Å²) in [6.45, 7) is 2.46. The van der Waals surface area contributed by atoms with E-state index >= 15 is 0 Å². The molecule has 0 saturated heterocycles. The van der Waals surface area contributed by atoms with E-state index in [-0.39, 0.29) is 11.7 Å². The second kappa shape index (κ2) is 6.38. The quantitative estimate of drug-likeness (QED) is 0.754. The number of hydrogen-bond donors (Lipinski definition) is 0. The SMILES string of the molecule is Cc1cc(F)ccc1C(=O)N(CCCCl)C1CCC1. The first-order valence-corrected chi connectivity index (χ1v) is 7.30. The number of carbonyl (C=O) groups is 1. The maximum atomic E-state index is 13.1. The fourth-order valence-electron chi connectivity index (χ4n) is 2.40. The van der Waals surface area contributed by atoms with E-state index in [0.29, 0.717) is 29.6 Å². The molecule has 0 spiro atoms. The number of carbonyl (C=O) groups excluding carboxylic acids is 1. The summed E-state index contributed by atoms with van der Waals surface area (Å²) < 4.78 is 13.1. The van der Waals surface area contributed by atoms with Crippen LogP contribution < -0.4 is 0 Å². The number of halogens is 2. The molecule has 104 valence electrons. The van der Waals surface area contributed by atoms with Gasteiger partial charge in [-0.3, -0.25) is 4.79 Å². The number of rotatable bonds is 5. The molecule has 0 heterocycles. The fourth-order valence-corrected chi connectivity index (χ4v) is 2.52. The summed E-state index contributed by atoms with van der Waals surface area (Å²) in [6.07, 6.45) is 4.10. The van der Waals surface area contributed by atoms with Gasteiger partial charge >= 0.3 is 0 Å². The molecule has 1 aliphatic rings. The first kappa shape index (κ1) is 14.3. The van der Waals surface area contributed by atoms with Crippen LogP contribution in [-0.2, 0) is 0 Å². The molecule has 1 aromatic rings. The van der Waals surface area contributed by atoms with Crippen molar-refractivity contribution in [2.75, 3.05) is 12.4 Å². The van der Waals surface area contributed by atoms with Crippen LogP contribution in [0.1, 0.15) is 41.6 Å². The predicted molar refractivity (Wildman–Crippen MR) is 75.1 cm³/mol. The molecule has 1 aromatic carbocycles. The van der Waals surface area contributed by atoms with Gasteiger partial charge in [0.25, 0.3) is 5.91 Å². The third-order valence-electron chi connectivity index (χ3n) is 3.73. The zero-order chi connectivity index (χ0) is 13.8. The molecular weight excluding hydrogens is 265 g/mol. The Kier molecular flexibility index (Phi) is 4.81. The lowest BCUT2D eigenvalue weighted by atomic mass is 9.90. The molecule has 1 aliphatic carbocycles. The lowest BCUT2D eigenvalue weighted by Gasteiger charge is -2.38. The Morgan fingerprint density at radius 2 is 2.21 bits per heavy atom. The summed E-state index contributed by atoms with van der Waals surface area (Å²) in [6, 6.07) is 4.67. The van der Waals surface area contributed by atoms with Crippen molar-refractivity contribution in [2.24, 2.45) is 0 Å². The van der Waals surface area contributed by atoms with Gasteiger partial charge in [0.1, 0.15) is 5.82 Å². The Balaban J connectivity index is 2.17. The van der Waals surface area contributed by atoms with E-state index in [4.69, 9.17) is 11.6 Å².